The summed E-state index contributed by atoms with van der Waals surface area (Å²) in [7, 11) is 0. The molecule has 21 heavy (non-hydrogen) atoms. The van der Waals surface area contributed by atoms with Crippen molar-refractivity contribution >= 4 is 6.08 Å². The number of rotatable bonds is 8. The van der Waals surface area contributed by atoms with Gasteiger partial charge in [-0.15, -0.1) is 0 Å². The van der Waals surface area contributed by atoms with Crippen LogP contribution in [0.25, 0.3) is 6.08 Å². The lowest BCUT2D eigenvalue weighted by molar-refractivity contribution is -0.0498. The van der Waals surface area contributed by atoms with Crippen molar-refractivity contribution in [2.75, 3.05) is 13.1 Å². The van der Waals surface area contributed by atoms with Gasteiger partial charge in [-0.2, -0.15) is 8.78 Å². The monoisotopic (exact) mass is 297 g/mol. The van der Waals surface area contributed by atoms with Gasteiger partial charge in [-0.25, -0.2) is 0 Å². The third kappa shape index (κ3) is 7.23. The topological polar surface area (TPSA) is 21.3 Å². The van der Waals surface area contributed by atoms with Crippen molar-refractivity contribution in [3.63, 3.8) is 0 Å². The first-order chi connectivity index (χ1) is 9.88. The van der Waals surface area contributed by atoms with E-state index >= 15 is 0 Å². The molecular formula is C17H25F2NO. The molecular weight excluding hydrogens is 272 g/mol. The lowest BCUT2D eigenvalue weighted by Crippen LogP contribution is -2.23. The van der Waals surface area contributed by atoms with Gasteiger partial charge in [0.15, 0.2) is 0 Å². The van der Waals surface area contributed by atoms with Crippen molar-refractivity contribution in [2.45, 2.75) is 34.3 Å². The first-order valence-corrected chi connectivity index (χ1v) is 7.34. The van der Waals surface area contributed by atoms with Gasteiger partial charge in [0.05, 0.1) is 0 Å². The molecule has 0 saturated carbocycles. The van der Waals surface area contributed by atoms with Crippen LogP contribution < -0.4 is 10.1 Å². The Labute approximate surface area is 126 Å². The maximum absolute atomic E-state index is 12.1. The van der Waals surface area contributed by atoms with E-state index in [0.717, 1.165) is 18.7 Å². The number of hydrogen-bond donors (Lipinski definition) is 1. The molecule has 0 aliphatic heterocycles. The highest BCUT2D eigenvalue weighted by Gasteiger charge is 2.06. The lowest BCUT2D eigenvalue weighted by atomic mass is 10.00. The van der Waals surface area contributed by atoms with E-state index in [1.165, 1.54) is 5.57 Å². The smallest absolute Gasteiger partial charge is 0.387 e. The molecule has 118 valence electrons. The molecule has 0 fully saturated rings. The molecule has 0 spiro atoms. The molecule has 0 unspecified atom stereocenters. The van der Waals surface area contributed by atoms with E-state index in [-0.39, 0.29) is 5.75 Å². The molecule has 0 aliphatic carbocycles. The van der Waals surface area contributed by atoms with Crippen molar-refractivity contribution in [1.29, 1.82) is 0 Å². The first-order valence-electron chi connectivity index (χ1n) is 7.34. The van der Waals surface area contributed by atoms with Gasteiger partial charge >= 0.3 is 6.61 Å². The highest BCUT2D eigenvalue weighted by atomic mass is 19.3. The van der Waals surface area contributed by atoms with Gasteiger partial charge < -0.3 is 10.1 Å². The average molecular weight is 297 g/mol. The predicted octanol–water partition coefficient (Wildman–Crippen LogP) is 4.57. The summed E-state index contributed by atoms with van der Waals surface area (Å²) in [5.74, 6) is 1.23. The van der Waals surface area contributed by atoms with Crippen molar-refractivity contribution in [3.8, 4) is 5.75 Å². The van der Waals surface area contributed by atoms with E-state index in [9.17, 15) is 8.78 Å². The standard InChI is InChI=1S/C17H25F2NO/c1-12(2)10-20-11-15(13(3)4)9-14-5-7-16(8-6-14)21-17(18)19/h5-9,12-13,17,20H,10-11H2,1-4H3. The fourth-order valence-corrected chi connectivity index (χ4v) is 1.89. The van der Waals surface area contributed by atoms with Crippen LogP contribution in [0.1, 0.15) is 33.3 Å². The van der Waals surface area contributed by atoms with Crippen molar-refractivity contribution in [2.24, 2.45) is 11.8 Å². The highest BCUT2D eigenvalue weighted by molar-refractivity contribution is 5.54. The van der Waals surface area contributed by atoms with Crippen LogP contribution in [0.5, 0.6) is 5.75 Å². The second-order valence-electron chi connectivity index (χ2n) is 5.85. The predicted molar refractivity (Wildman–Crippen MR) is 83.6 cm³/mol. The Morgan fingerprint density at radius 1 is 1.14 bits per heavy atom. The van der Waals surface area contributed by atoms with E-state index in [1.807, 2.05) is 0 Å². The van der Waals surface area contributed by atoms with Gasteiger partial charge in [0, 0.05) is 6.54 Å². The van der Waals surface area contributed by atoms with Crippen molar-refractivity contribution in [1.82, 2.24) is 5.32 Å². The van der Waals surface area contributed by atoms with Crippen LogP contribution in [0.2, 0.25) is 0 Å². The Hall–Kier alpha value is -1.42. The van der Waals surface area contributed by atoms with Crippen LogP contribution >= 0.6 is 0 Å². The highest BCUT2D eigenvalue weighted by Crippen LogP contribution is 2.19. The van der Waals surface area contributed by atoms with E-state index in [2.05, 4.69) is 43.8 Å². The molecule has 0 heterocycles. The van der Waals surface area contributed by atoms with Crippen molar-refractivity contribution < 1.29 is 13.5 Å². The SMILES string of the molecule is CC(C)CNCC(=Cc1ccc(OC(F)F)cc1)C(C)C. The van der Waals surface area contributed by atoms with Crippen molar-refractivity contribution in [3.05, 3.63) is 35.4 Å². The third-order valence-electron chi connectivity index (χ3n) is 3.08. The fourth-order valence-electron chi connectivity index (χ4n) is 1.89. The maximum Gasteiger partial charge on any atom is 0.387 e. The molecule has 1 rings (SSSR count). The molecule has 0 radical (unpaired) electrons. The Bertz CT molecular complexity index is 439. The number of hydrogen-bond acceptors (Lipinski definition) is 2. The second kappa shape index (κ2) is 8.78. The molecule has 1 aromatic carbocycles. The van der Waals surface area contributed by atoms with Crippen LogP contribution in [0.4, 0.5) is 8.78 Å². The lowest BCUT2D eigenvalue weighted by Gasteiger charge is -2.14. The average Bonchev–Trinajstić information content (AvgIpc) is 2.38. The van der Waals surface area contributed by atoms with Gasteiger partial charge in [0.25, 0.3) is 0 Å². The van der Waals surface area contributed by atoms with E-state index in [0.29, 0.717) is 11.8 Å². The fraction of sp³-hybridized carbons (Fsp3) is 0.529. The first kappa shape index (κ1) is 17.6. The Morgan fingerprint density at radius 2 is 1.76 bits per heavy atom. The normalized spacial score (nSPS) is 12.5. The minimum atomic E-state index is -2.78. The van der Waals surface area contributed by atoms with Gasteiger partial charge in [-0.05, 0) is 36.1 Å². The van der Waals surface area contributed by atoms with Gasteiger partial charge in [-0.1, -0.05) is 51.5 Å². The molecule has 0 saturated heterocycles. The quantitative estimate of drug-likeness (QED) is 0.758. The Balaban J connectivity index is 2.71. The van der Waals surface area contributed by atoms with E-state index < -0.39 is 6.61 Å². The summed E-state index contributed by atoms with van der Waals surface area (Å²) in [6, 6.07) is 6.72. The van der Waals surface area contributed by atoms with Crippen LogP contribution in [-0.4, -0.2) is 19.7 Å². The molecule has 4 heteroatoms. The Kier molecular flexibility index (Phi) is 7.37. The molecule has 1 aromatic rings. The molecule has 0 bridgehead atoms. The number of nitrogens with one attached hydrogen (secondary N) is 1. The number of benzene rings is 1. The Morgan fingerprint density at radius 3 is 2.24 bits per heavy atom. The number of ether oxygens (including phenoxy) is 1. The minimum Gasteiger partial charge on any atom is -0.435 e. The summed E-state index contributed by atoms with van der Waals surface area (Å²) in [4.78, 5) is 0. The third-order valence-corrected chi connectivity index (χ3v) is 3.08. The maximum atomic E-state index is 12.1. The molecule has 0 amide bonds. The largest absolute Gasteiger partial charge is 0.435 e. The summed E-state index contributed by atoms with van der Waals surface area (Å²) in [5.41, 5.74) is 2.28. The van der Waals surface area contributed by atoms with Gasteiger partial charge in [-0.3, -0.25) is 0 Å². The summed E-state index contributed by atoms with van der Waals surface area (Å²) in [6.07, 6.45) is 2.10. The van der Waals surface area contributed by atoms with Gasteiger partial charge in [0.2, 0.25) is 0 Å². The molecule has 2 nitrogen and oxygen atoms in total. The number of halogens is 2. The van der Waals surface area contributed by atoms with Crippen LogP contribution in [0.3, 0.4) is 0 Å². The van der Waals surface area contributed by atoms with E-state index in [1.54, 1.807) is 24.3 Å². The zero-order valence-corrected chi connectivity index (χ0v) is 13.2. The zero-order chi connectivity index (χ0) is 15.8. The molecule has 0 aromatic heterocycles. The second-order valence-corrected chi connectivity index (χ2v) is 5.85. The van der Waals surface area contributed by atoms with Gasteiger partial charge in [0.1, 0.15) is 5.75 Å². The molecule has 0 atom stereocenters. The summed E-state index contributed by atoms with van der Waals surface area (Å²) in [5, 5.41) is 3.43. The summed E-state index contributed by atoms with van der Waals surface area (Å²) >= 11 is 0. The van der Waals surface area contributed by atoms with Crippen LogP contribution in [0, 0.1) is 11.8 Å². The molecule has 0 aliphatic rings. The number of alkyl halides is 2. The zero-order valence-electron chi connectivity index (χ0n) is 13.2. The molecule has 1 N–H and O–H groups in total. The van der Waals surface area contributed by atoms with Crippen LogP contribution in [-0.2, 0) is 0 Å². The minimum absolute atomic E-state index is 0.186. The summed E-state index contributed by atoms with van der Waals surface area (Å²) < 4.78 is 28.5. The van der Waals surface area contributed by atoms with E-state index in [4.69, 9.17) is 0 Å². The summed E-state index contributed by atoms with van der Waals surface area (Å²) in [6.45, 7) is 7.68. The van der Waals surface area contributed by atoms with Crippen LogP contribution in [0.15, 0.2) is 29.8 Å².